The Kier molecular flexibility index (Phi) is 5.80. The van der Waals surface area contributed by atoms with Gasteiger partial charge in [-0.05, 0) is 48.9 Å². The van der Waals surface area contributed by atoms with Crippen molar-refractivity contribution in [2.45, 2.75) is 53.0 Å². The molecule has 0 heterocycles. The maximum Gasteiger partial charge on any atom is 0.123 e. The van der Waals surface area contributed by atoms with Gasteiger partial charge in [-0.25, -0.2) is 4.39 Å². The third kappa shape index (κ3) is 5.63. The smallest absolute Gasteiger partial charge is 0.123 e. The molecule has 0 amide bonds. The van der Waals surface area contributed by atoms with Crippen LogP contribution in [-0.4, -0.2) is 6.54 Å². The molecule has 1 rings (SSSR count). The van der Waals surface area contributed by atoms with Gasteiger partial charge >= 0.3 is 0 Å². The molecule has 1 aromatic carbocycles. The van der Waals surface area contributed by atoms with E-state index in [0.717, 1.165) is 25.8 Å². The molecule has 0 fully saturated rings. The standard InChI is InChI=1S/C16H26FN/c1-5-12-18-15(10-11-16(2,3)4)13-6-8-14(17)9-7-13/h6-9,15,18H,5,10-12H2,1-4H3. The normalized spacial score (nSPS) is 13.6. The van der Waals surface area contributed by atoms with Crippen molar-refractivity contribution in [2.24, 2.45) is 5.41 Å². The number of rotatable bonds is 6. The Morgan fingerprint density at radius 3 is 2.28 bits per heavy atom. The highest BCUT2D eigenvalue weighted by Crippen LogP contribution is 2.27. The molecule has 1 nitrogen and oxygen atoms in total. The fourth-order valence-corrected chi connectivity index (χ4v) is 1.98. The first-order chi connectivity index (χ1) is 8.42. The molecule has 18 heavy (non-hydrogen) atoms. The maximum absolute atomic E-state index is 13.0. The van der Waals surface area contributed by atoms with Crippen molar-refractivity contribution in [1.29, 1.82) is 0 Å². The first-order valence-electron chi connectivity index (χ1n) is 6.91. The minimum Gasteiger partial charge on any atom is -0.310 e. The van der Waals surface area contributed by atoms with Crippen molar-refractivity contribution in [1.82, 2.24) is 5.32 Å². The molecule has 0 saturated heterocycles. The topological polar surface area (TPSA) is 12.0 Å². The van der Waals surface area contributed by atoms with Gasteiger partial charge in [-0.1, -0.05) is 39.8 Å². The van der Waals surface area contributed by atoms with E-state index in [4.69, 9.17) is 0 Å². The molecule has 0 aromatic heterocycles. The molecule has 2 heteroatoms. The van der Waals surface area contributed by atoms with Crippen LogP contribution in [0.3, 0.4) is 0 Å². The van der Waals surface area contributed by atoms with E-state index in [1.54, 1.807) is 12.1 Å². The quantitative estimate of drug-likeness (QED) is 0.773. The van der Waals surface area contributed by atoms with E-state index in [-0.39, 0.29) is 5.82 Å². The molecular formula is C16H26FN. The molecular weight excluding hydrogens is 225 g/mol. The summed E-state index contributed by atoms with van der Waals surface area (Å²) in [6.07, 6.45) is 3.37. The number of nitrogens with one attached hydrogen (secondary N) is 1. The Balaban J connectivity index is 2.68. The van der Waals surface area contributed by atoms with Crippen LogP contribution in [0.25, 0.3) is 0 Å². The maximum atomic E-state index is 13.0. The van der Waals surface area contributed by atoms with E-state index in [0.29, 0.717) is 11.5 Å². The zero-order valence-corrected chi connectivity index (χ0v) is 12.1. The van der Waals surface area contributed by atoms with Gasteiger partial charge in [-0.3, -0.25) is 0 Å². The van der Waals surface area contributed by atoms with Gasteiger partial charge in [-0.2, -0.15) is 0 Å². The molecule has 1 aromatic rings. The van der Waals surface area contributed by atoms with E-state index in [9.17, 15) is 4.39 Å². The molecule has 1 N–H and O–H groups in total. The fraction of sp³-hybridized carbons (Fsp3) is 0.625. The third-order valence-corrected chi connectivity index (χ3v) is 3.10. The second-order valence-electron chi connectivity index (χ2n) is 6.16. The summed E-state index contributed by atoms with van der Waals surface area (Å²) in [4.78, 5) is 0. The lowest BCUT2D eigenvalue weighted by atomic mass is 9.87. The molecule has 0 saturated carbocycles. The van der Waals surface area contributed by atoms with Crippen molar-refractivity contribution in [3.63, 3.8) is 0 Å². The van der Waals surface area contributed by atoms with Gasteiger partial charge in [0.25, 0.3) is 0 Å². The van der Waals surface area contributed by atoms with Crippen LogP contribution in [0.1, 0.15) is 58.6 Å². The van der Waals surface area contributed by atoms with E-state index in [1.165, 1.54) is 5.56 Å². The highest BCUT2D eigenvalue weighted by Gasteiger charge is 2.16. The molecule has 0 aliphatic rings. The zero-order valence-electron chi connectivity index (χ0n) is 12.1. The van der Waals surface area contributed by atoms with Crippen LogP contribution in [0, 0.1) is 11.2 Å². The first kappa shape index (κ1) is 15.2. The van der Waals surface area contributed by atoms with Crippen molar-refractivity contribution < 1.29 is 4.39 Å². The minimum atomic E-state index is -0.163. The largest absolute Gasteiger partial charge is 0.310 e. The Labute approximate surface area is 111 Å². The van der Waals surface area contributed by atoms with E-state index in [2.05, 4.69) is 33.0 Å². The van der Waals surface area contributed by atoms with Crippen LogP contribution >= 0.6 is 0 Å². The molecule has 0 bridgehead atoms. The van der Waals surface area contributed by atoms with Crippen molar-refractivity contribution in [3.05, 3.63) is 35.6 Å². The van der Waals surface area contributed by atoms with Crippen molar-refractivity contribution in [3.8, 4) is 0 Å². The van der Waals surface area contributed by atoms with Gasteiger partial charge in [0.05, 0.1) is 0 Å². The summed E-state index contributed by atoms with van der Waals surface area (Å²) in [5.41, 5.74) is 1.53. The summed E-state index contributed by atoms with van der Waals surface area (Å²) in [6, 6.07) is 7.22. The molecule has 102 valence electrons. The lowest BCUT2D eigenvalue weighted by Gasteiger charge is -2.24. The number of halogens is 1. The fourth-order valence-electron chi connectivity index (χ4n) is 1.98. The van der Waals surface area contributed by atoms with Crippen LogP contribution in [0.5, 0.6) is 0 Å². The second-order valence-corrected chi connectivity index (χ2v) is 6.16. The monoisotopic (exact) mass is 251 g/mol. The molecule has 1 unspecified atom stereocenters. The van der Waals surface area contributed by atoms with Gasteiger partial charge in [0.2, 0.25) is 0 Å². The zero-order chi connectivity index (χ0) is 13.6. The Hall–Kier alpha value is -0.890. The third-order valence-electron chi connectivity index (χ3n) is 3.10. The molecule has 0 radical (unpaired) electrons. The van der Waals surface area contributed by atoms with Gasteiger partial charge < -0.3 is 5.32 Å². The van der Waals surface area contributed by atoms with Crippen LogP contribution in [0.2, 0.25) is 0 Å². The van der Waals surface area contributed by atoms with Crippen molar-refractivity contribution >= 4 is 0 Å². The van der Waals surface area contributed by atoms with E-state index in [1.807, 2.05) is 12.1 Å². The summed E-state index contributed by atoms with van der Waals surface area (Å²) in [6.45, 7) is 9.95. The van der Waals surface area contributed by atoms with Gasteiger partial charge in [-0.15, -0.1) is 0 Å². The van der Waals surface area contributed by atoms with Crippen LogP contribution in [-0.2, 0) is 0 Å². The first-order valence-corrected chi connectivity index (χ1v) is 6.91. The van der Waals surface area contributed by atoms with Gasteiger partial charge in [0.15, 0.2) is 0 Å². The summed E-state index contributed by atoms with van der Waals surface area (Å²) in [7, 11) is 0. The summed E-state index contributed by atoms with van der Waals surface area (Å²) < 4.78 is 13.0. The van der Waals surface area contributed by atoms with Gasteiger partial charge in [0, 0.05) is 6.04 Å². The van der Waals surface area contributed by atoms with Gasteiger partial charge in [0.1, 0.15) is 5.82 Å². The number of benzene rings is 1. The molecule has 0 aliphatic carbocycles. The average Bonchev–Trinajstić information content (AvgIpc) is 2.29. The Morgan fingerprint density at radius 1 is 1.17 bits per heavy atom. The predicted molar refractivity (Wildman–Crippen MR) is 76.1 cm³/mol. The highest BCUT2D eigenvalue weighted by molar-refractivity contribution is 5.19. The summed E-state index contributed by atoms with van der Waals surface area (Å²) >= 11 is 0. The minimum absolute atomic E-state index is 0.163. The number of hydrogen-bond donors (Lipinski definition) is 1. The van der Waals surface area contributed by atoms with E-state index < -0.39 is 0 Å². The lowest BCUT2D eigenvalue weighted by Crippen LogP contribution is -2.23. The summed E-state index contributed by atoms with van der Waals surface area (Å²) in [5.74, 6) is -0.163. The predicted octanol–water partition coefficient (Wildman–Crippen LogP) is 4.69. The molecule has 0 aliphatic heterocycles. The molecule has 0 spiro atoms. The van der Waals surface area contributed by atoms with Crippen LogP contribution in [0.15, 0.2) is 24.3 Å². The number of hydrogen-bond acceptors (Lipinski definition) is 1. The average molecular weight is 251 g/mol. The molecule has 1 atom stereocenters. The van der Waals surface area contributed by atoms with Crippen molar-refractivity contribution in [2.75, 3.05) is 6.54 Å². The highest BCUT2D eigenvalue weighted by atomic mass is 19.1. The lowest BCUT2D eigenvalue weighted by molar-refractivity contribution is 0.332. The summed E-state index contributed by atoms with van der Waals surface area (Å²) in [5, 5.41) is 3.56. The Bertz CT molecular complexity index is 337. The van der Waals surface area contributed by atoms with E-state index >= 15 is 0 Å². The Morgan fingerprint density at radius 2 is 1.78 bits per heavy atom. The van der Waals surface area contributed by atoms with Crippen LogP contribution in [0.4, 0.5) is 4.39 Å². The van der Waals surface area contributed by atoms with Crippen LogP contribution < -0.4 is 5.32 Å². The SMILES string of the molecule is CCCNC(CCC(C)(C)C)c1ccc(F)cc1. The second kappa shape index (κ2) is 6.89.